The number of benzene rings is 2. The van der Waals surface area contributed by atoms with E-state index in [1.807, 2.05) is 18.2 Å². The zero-order valence-corrected chi connectivity index (χ0v) is 14.7. The number of nitrogens with zero attached hydrogens (tertiary/aromatic N) is 3. The van der Waals surface area contributed by atoms with Crippen molar-refractivity contribution in [3.63, 3.8) is 0 Å². The highest BCUT2D eigenvalue weighted by molar-refractivity contribution is 5.89. The Kier molecular flexibility index (Phi) is 5.36. The van der Waals surface area contributed by atoms with Crippen molar-refractivity contribution in [1.29, 1.82) is 0 Å². The average Bonchev–Trinajstić information content (AvgIpc) is 3.17. The molecule has 0 saturated carbocycles. The fourth-order valence-electron chi connectivity index (χ4n) is 3.12. The molecule has 0 unspecified atom stereocenters. The highest BCUT2D eigenvalue weighted by Gasteiger charge is 2.17. The Morgan fingerprint density at radius 1 is 1.15 bits per heavy atom. The predicted octanol–water partition coefficient (Wildman–Crippen LogP) is 3.86. The quantitative estimate of drug-likeness (QED) is 0.653. The third-order valence-corrected chi connectivity index (χ3v) is 4.52. The molecule has 2 aromatic rings. The van der Waals surface area contributed by atoms with Gasteiger partial charge < -0.3 is 15.1 Å². The fourth-order valence-corrected chi connectivity index (χ4v) is 3.12. The molecule has 1 aliphatic rings. The lowest BCUT2D eigenvalue weighted by Crippen LogP contribution is -2.31. The van der Waals surface area contributed by atoms with E-state index in [2.05, 4.69) is 16.3 Å². The van der Waals surface area contributed by atoms with Gasteiger partial charge in [0.2, 0.25) is 0 Å². The molecule has 7 heteroatoms. The number of carbonyl (C=O) groups excluding carboxylic acids is 1. The second kappa shape index (κ2) is 7.86. The van der Waals surface area contributed by atoms with Crippen LogP contribution in [0.2, 0.25) is 0 Å². The molecule has 1 fully saturated rings. The summed E-state index contributed by atoms with van der Waals surface area (Å²) in [5.74, 6) is 0. The van der Waals surface area contributed by atoms with Crippen LogP contribution in [0, 0.1) is 10.1 Å². The van der Waals surface area contributed by atoms with Gasteiger partial charge in [-0.1, -0.05) is 18.2 Å². The van der Waals surface area contributed by atoms with E-state index >= 15 is 0 Å². The molecular weight excluding hydrogens is 332 g/mol. The highest BCUT2D eigenvalue weighted by Crippen LogP contribution is 2.25. The summed E-state index contributed by atoms with van der Waals surface area (Å²) in [6, 6.07) is 13.7. The first-order valence-electron chi connectivity index (χ1n) is 8.64. The molecule has 0 bridgehead atoms. The third kappa shape index (κ3) is 4.11. The molecule has 1 heterocycles. The van der Waals surface area contributed by atoms with Gasteiger partial charge in [0.15, 0.2) is 0 Å². The van der Waals surface area contributed by atoms with Crippen LogP contribution in [0.5, 0.6) is 0 Å². The zero-order valence-electron chi connectivity index (χ0n) is 14.7. The lowest BCUT2D eigenvalue weighted by molar-refractivity contribution is -0.384. The molecular formula is C19H22N4O3. The summed E-state index contributed by atoms with van der Waals surface area (Å²) in [6.07, 6.45) is 2.40. The Bertz CT molecular complexity index is 786. The first-order chi connectivity index (χ1) is 12.5. The number of amides is 2. The van der Waals surface area contributed by atoms with E-state index in [-0.39, 0.29) is 11.7 Å². The van der Waals surface area contributed by atoms with Gasteiger partial charge in [-0.05, 0) is 36.6 Å². The number of urea groups is 1. The molecule has 0 aliphatic carbocycles. The van der Waals surface area contributed by atoms with Gasteiger partial charge in [-0.2, -0.15) is 0 Å². The van der Waals surface area contributed by atoms with Crippen molar-refractivity contribution in [3.8, 4) is 0 Å². The Hall–Kier alpha value is -3.09. The molecule has 26 heavy (non-hydrogen) atoms. The van der Waals surface area contributed by atoms with Gasteiger partial charge in [0.25, 0.3) is 5.69 Å². The second-order valence-electron chi connectivity index (χ2n) is 6.41. The molecule has 7 nitrogen and oxygen atoms in total. The number of nitro benzene ring substituents is 1. The second-order valence-corrected chi connectivity index (χ2v) is 6.41. The molecule has 0 aromatic heterocycles. The molecule has 0 radical (unpaired) electrons. The molecule has 2 aromatic carbocycles. The lowest BCUT2D eigenvalue weighted by atomic mass is 10.1. The summed E-state index contributed by atoms with van der Waals surface area (Å²) < 4.78 is 0. The maximum Gasteiger partial charge on any atom is 0.321 e. The zero-order chi connectivity index (χ0) is 18.5. The van der Waals surface area contributed by atoms with Crippen molar-refractivity contribution in [2.24, 2.45) is 0 Å². The number of para-hydroxylation sites is 1. The van der Waals surface area contributed by atoms with E-state index in [1.54, 1.807) is 11.9 Å². The van der Waals surface area contributed by atoms with Crippen LogP contribution in [0.15, 0.2) is 48.5 Å². The van der Waals surface area contributed by atoms with Gasteiger partial charge in [-0.3, -0.25) is 10.1 Å². The normalized spacial score (nSPS) is 13.5. The maximum atomic E-state index is 12.4. The highest BCUT2D eigenvalue weighted by atomic mass is 16.6. The van der Waals surface area contributed by atoms with Crippen molar-refractivity contribution in [2.75, 3.05) is 30.4 Å². The number of non-ortho nitro benzene ring substituents is 1. The first kappa shape index (κ1) is 17.7. The van der Waals surface area contributed by atoms with Crippen LogP contribution in [-0.2, 0) is 6.54 Å². The number of hydrogen-bond donors (Lipinski definition) is 1. The first-order valence-corrected chi connectivity index (χ1v) is 8.64. The number of anilines is 2. The topological polar surface area (TPSA) is 78.7 Å². The van der Waals surface area contributed by atoms with Gasteiger partial charge in [0, 0.05) is 50.2 Å². The lowest BCUT2D eigenvalue weighted by Gasteiger charge is -2.24. The van der Waals surface area contributed by atoms with Gasteiger partial charge in [-0.25, -0.2) is 4.79 Å². The smallest absolute Gasteiger partial charge is 0.321 e. The molecule has 0 atom stereocenters. The van der Waals surface area contributed by atoms with E-state index in [9.17, 15) is 14.9 Å². The van der Waals surface area contributed by atoms with E-state index in [1.165, 1.54) is 42.8 Å². The van der Waals surface area contributed by atoms with Crippen molar-refractivity contribution >= 4 is 23.1 Å². The summed E-state index contributed by atoms with van der Waals surface area (Å²) in [5.41, 5.74) is 2.81. The number of rotatable bonds is 5. The summed E-state index contributed by atoms with van der Waals surface area (Å²) in [5, 5.41) is 13.5. The van der Waals surface area contributed by atoms with E-state index in [0.29, 0.717) is 12.2 Å². The largest absolute Gasteiger partial charge is 0.371 e. The third-order valence-electron chi connectivity index (χ3n) is 4.52. The molecule has 0 spiro atoms. The Morgan fingerprint density at radius 2 is 1.81 bits per heavy atom. The number of nitro groups is 1. The molecule has 3 rings (SSSR count). The van der Waals surface area contributed by atoms with Crippen LogP contribution >= 0.6 is 0 Å². The predicted molar refractivity (Wildman–Crippen MR) is 101 cm³/mol. The minimum Gasteiger partial charge on any atom is -0.371 e. The summed E-state index contributed by atoms with van der Waals surface area (Å²) in [4.78, 5) is 26.6. The molecule has 1 N–H and O–H groups in total. The van der Waals surface area contributed by atoms with Crippen LogP contribution in [0.1, 0.15) is 18.4 Å². The Balaban J connectivity index is 1.65. The van der Waals surface area contributed by atoms with Gasteiger partial charge in [0.1, 0.15) is 0 Å². The minimum absolute atomic E-state index is 0.00380. The van der Waals surface area contributed by atoms with Crippen LogP contribution in [0.3, 0.4) is 0 Å². The van der Waals surface area contributed by atoms with E-state index in [4.69, 9.17) is 0 Å². The van der Waals surface area contributed by atoms with Gasteiger partial charge in [0.05, 0.1) is 4.92 Å². The van der Waals surface area contributed by atoms with Crippen molar-refractivity contribution in [2.45, 2.75) is 19.4 Å². The number of carbonyl (C=O) groups is 1. The van der Waals surface area contributed by atoms with Crippen LogP contribution < -0.4 is 10.2 Å². The summed E-state index contributed by atoms with van der Waals surface area (Å²) >= 11 is 0. The SMILES string of the molecule is CN(Cc1ccccc1N1CCCC1)C(=O)Nc1ccc([N+](=O)[O-])cc1. The van der Waals surface area contributed by atoms with Gasteiger partial charge in [-0.15, -0.1) is 0 Å². The van der Waals surface area contributed by atoms with Crippen molar-refractivity contribution in [3.05, 3.63) is 64.2 Å². The fraction of sp³-hybridized carbons (Fsp3) is 0.316. The van der Waals surface area contributed by atoms with E-state index in [0.717, 1.165) is 18.7 Å². The van der Waals surface area contributed by atoms with E-state index < -0.39 is 4.92 Å². The number of hydrogen-bond acceptors (Lipinski definition) is 4. The molecule has 2 amide bonds. The summed E-state index contributed by atoms with van der Waals surface area (Å²) in [6.45, 7) is 2.59. The summed E-state index contributed by atoms with van der Waals surface area (Å²) in [7, 11) is 1.74. The van der Waals surface area contributed by atoms with Gasteiger partial charge >= 0.3 is 6.03 Å². The van der Waals surface area contributed by atoms with Crippen molar-refractivity contribution in [1.82, 2.24) is 4.90 Å². The van der Waals surface area contributed by atoms with Crippen LogP contribution in [0.25, 0.3) is 0 Å². The minimum atomic E-state index is -0.465. The molecule has 1 aliphatic heterocycles. The molecule has 1 saturated heterocycles. The van der Waals surface area contributed by atoms with Crippen molar-refractivity contribution < 1.29 is 9.72 Å². The van der Waals surface area contributed by atoms with Crippen LogP contribution in [0.4, 0.5) is 21.9 Å². The Morgan fingerprint density at radius 3 is 2.46 bits per heavy atom. The number of nitrogens with one attached hydrogen (secondary N) is 1. The van der Waals surface area contributed by atoms with Crippen LogP contribution in [-0.4, -0.2) is 36.0 Å². The average molecular weight is 354 g/mol. The monoisotopic (exact) mass is 354 g/mol. The Labute approximate surface area is 152 Å². The standard InChI is InChI=1S/C19H22N4O3/c1-21(19(24)20-16-8-10-17(11-9-16)23(25)26)14-15-6-2-3-7-18(15)22-12-4-5-13-22/h2-3,6-11H,4-5,12-14H2,1H3,(H,20,24). The molecule has 136 valence electrons. The maximum absolute atomic E-state index is 12.4.